The third kappa shape index (κ3) is 2.88. The van der Waals surface area contributed by atoms with Crippen LogP contribution in [0.4, 0.5) is 0 Å². The third-order valence-corrected chi connectivity index (χ3v) is 2.45. The maximum atomic E-state index is 5.37. The van der Waals surface area contributed by atoms with Gasteiger partial charge in [0.1, 0.15) is 0 Å². The van der Waals surface area contributed by atoms with E-state index in [2.05, 4.69) is 33.8 Å². The highest BCUT2D eigenvalue weighted by molar-refractivity contribution is 4.95. The third-order valence-electron chi connectivity index (χ3n) is 2.45. The second-order valence-corrected chi connectivity index (χ2v) is 5.25. The Morgan fingerprint density at radius 3 is 2.50 bits per heavy atom. The zero-order chi connectivity index (χ0) is 9.24. The molecule has 1 nitrogen and oxygen atoms in total. The largest absolute Gasteiger partial charge is 0.501 e. The Morgan fingerprint density at radius 2 is 1.83 bits per heavy atom. The molecule has 0 saturated heterocycles. The molecule has 0 aromatic carbocycles. The maximum absolute atomic E-state index is 5.37. The molecule has 0 fully saturated rings. The summed E-state index contributed by atoms with van der Waals surface area (Å²) >= 11 is 0. The topological polar surface area (TPSA) is 9.23 Å². The monoisotopic (exact) mass is 168 g/mol. The molecule has 0 unspecified atom stereocenters. The highest BCUT2D eigenvalue weighted by atomic mass is 16.5. The van der Waals surface area contributed by atoms with Crippen molar-refractivity contribution < 1.29 is 4.74 Å². The van der Waals surface area contributed by atoms with Crippen LogP contribution in [0.25, 0.3) is 0 Å². The molecular weight excluding hydrogens is 148 g/mol. The lowest BCUT2D eigenvalue weighted by atomic mass is 9.73. The van der Waals surface area contributed by atoms with Gasteiger partial charge in [-0.3, -0.25) is 0 Å². The van der Waals surface area contributed by atoms with Crippen molar-refractivity contribution >= 4 is 0 Å². The molecule has 1 rings (SSSR count). The average molecular weight is 168 g/mol. The molecule has 0 aromatic heterocycles. The van der Waals surface area contributed by atoms with E-state index in [1.165, 1.54) is 6.42 Å². The van der Waals surface area contributed by atoms with Crippen LogP contribution in [0.2, 0.25) is 0 Å². The van der Waals surface area contributed by atoms with Crippen LogP contribution in [-0.2, 0) is 4.74 Å². The maximum Gasteiger partial charge on any atom is 0.0878 e. The lowest BCUT2D eigenvalue weighted by molar-refractivity contribution is 0.134. The van der Waals surface area contributed by atoms with Crippen molar-refractivity contribution in [2.75, 3.05) is 6.61 Å². The average Bonchev–Trinajstić information content (AvgIpc) is 1.80. The Morgan fingerprint density at radius 1 is 1.17 bits per heavy atom. The van der Waals surface area contributed by atoms with Gasteiger partial charge < -0.3 is 4.74 Å². The molecule has 0 spiro atoms. The number of ether oxygens (including phenoxy) is 1. The summed E-state index contributed by atoms with van der Waals surface area (Å²) in [6, 6.07) is 0. The van der Waals surface area contributed by atoms with Crippen molar-refractivity contribution in [3.63, 3.8) is 0 Å². The van der Waals surface area contributed by atoms with Gasteiger partial charge in [0.15, 0.2) is 0 Å². The van der Waals surface area contributed by atoms with E-state index in [4.69, 9.17) is 4.74 Å². The van der Waals surface area contributed by atoms with Crippen molar-refractivity contribution in [3.05, 3.63) is 12.3 Å². The minimum atomic E-state index is 0.282. The first kappa shape index (κ1) is 9.63. The number of hydrogen-bond acceptors (Lipinski definition) is 1. The lowest BCUT2D eigenvalue weighted by Crippen LogP contribution is -2.24. The van der Waals surface area contributed by atoms with E-state index >= 15 is 0 Å². The standard InChI is InChI=1S/C11H20O/c1-10(2)5-7-12-8-6-11(3,4)9-10/h5,7H,6,8-9H2,1-4H3. The normalized spacial score (nSPS) is 27.0. The predicted molar refractivity (Wildman–Crippen MR) is 51.9 cm³/mol. The summed E-state index contributed by atoms with van der Waals surface area (Å²) in [5.41, 5.74) is 0.693. The Labute approximate surface area is 75.8 Å². The zero-order valence-electron chi connectivity index (χ0n) is 8.68. The summed E-state index contributed by atoms with van der Waals surface area (Å²) in [6.45, 7) is 10.0. The van der Waals surface area contributed by atoms with Crippen molar-refractivity contribution in [2.45, 2.75) is 40.5 Å². The van der Waals surface area contributed by atoms with Crippen LogP contribution in [0.5, 0.6) is 0 Å². The minimum Gasteiger partial charge on any atom is -0.501 e. The number of allylic oxidation sites excluding steroid dienone is 1. The summed E-state index contributed by atoms with van der Waals surface area (Å²) in [7, 11) is 0. The molecule has 0 bridgehead atoms. The van der Waals surface area contributed by atoms with Crippen LogP contribution in [0, 0.1) is 10.8 Å². The second kappa shape index (κ2) is 3.12. The van der Waals surface area contributed by atoms with E-state index in [-0.39, 0.29) is 5.41 Å². The molecule has 0 atom stereocenters. The van der Waals surface area contributed by atoms with E-state index in [0.717, 1.165) is 13.0 Å². The molecule has 1 aliphatic rings. The lowest BCUT2D eigenvalue weighted by Gasteiger charge is -2.34. The highest BCUT2D eigenvalue weighted by Gasteiger charge is 2.27. The van der Waals surface area contributed by atoms with Gasteiger partial charge in [0.05, 0.1) is 12.9 Å². The first-order valence-corrected chi connectivity index (χ1v) is 4.71. The van der Waals surface area contributed by atoms with Gasteiger partial charge in [-0.15, -0.1) is 0 Å². The minimum absolute atomic E-state index is 0.282. The van der Waals surface area contributed by atoms with Gasteiger partial charge in [0.2, 0.25) is 0 Å². The zero-order valence-corrected chi connectivity index (χ0v) is 8.68. The van der Waals surface area contributed by atoms with E-state index in [9.17, 15) is 0 Å². The molecule has 1 heteroatoms. The first-order valence-electron chi connectivity index (χ1n) is 4.71. The van der Waals surface area contributed by atoms with Crippen LogP contribution in [0.3, 0.4) is 0 Å². The second-order valence-electron chi connectivity index (χ2n) is 5.25. The smallest absolute Gasteiger partial charge is 0.0878 e. The van der Waals surface area contributed by atoms with Crippen molar-refractivity contribution in [1.29, 1.82) is 0 Å². The van der Waals surface area contributed by atoms with E-state index < -0.39 is 0 Å². The summed E-state index contributed by atoms with van der Waals surface area (Å²) in [5.74, 6) is 0. The Balaban J connectivity index is 2.72. The van der Waals surface area contributed by atoms with Crippen molar-refractivity contribution in [2.24, 2.45) is 10.8 Å². The molecule has 1 aliphatic heterocycles. The number of hydrogen-bond donors (Lipinski definition) is 0. The Bertz CT molecular complexity index is 177. The summed E-state index contributed by atoms with van der Waals surface area (Å²) < 4.78 is 5.37. The van der Waals surface area contributed by atoms with Crippen LogP contribution in [0.1, 0.15) is 40.5 Å². The highest BCUT2D eigenvalue weighted by Crippen LogP contribution is 2.38. The van der Waals surface area contributed by atoms with E-state index in [1.807, 2.05) is 6.26 Å². The molecule has 0 aliphatic carbocycles. The molecule has 1 heterocycles. The first-order chi connectivity index (χ1) is 5.41. The molecule has 0 saturated carbocycles. The van der Waals surface area contributed by atoms with Crippen LogP contribution in [0.15, 0.2) is 12.3 Å². The molecule has 12 heavy (non-hydrogen) atoms. The van der Waals surface area contributed by atoms with Gasteiger partial charge in [0, 0.05) is 0 Å². The summed E-state index contributed by atoms with van der Waals surface area (Å²) in [5, 5.41) is 0. The number of rotatable bonds is 0. The van der Waals surface area contributed by atoms with Gasteiger partial charge >= 0.3 is 0 Å². The van der Waals surface area contributed by atoms with E-state index in [0.29, 0.717) is 5.41 Å². The Hall–Kier alpha value is -0.460. The quantitative estimate of drug-likeness (QED) is 0.539. The molecule has 0 N–H and O–H groups in total. The fourth-order valence-corrected chi connectivity index (χ4v) is 2.02. The van der Waals surface area contributed by atoms with Gasteiger partial charge in [-0.25, -0.2) is 0 Å². The van der Waals surface area contributed by atoms with Gasteiger partial charge in [0.25, 0.3) is 0 Å². The molecule has 70 valence electrons. The molecule has 0 aromatic rings. The predicted octanol–water partition coefficient (Wildman–Crippen LogP) is 3.36. The van der Waals surface area contributed by atoms with Gasteiger partial charge in [-0.1, -0.05) is 27.7 Å². The molecule has 0 radical (unpaired) electrons. The fourth-order valence-electron chi connectivity index (χ4n) is 2.02. The van der Waals surface area contributed by atoms with Crippen molar-refractivity contribution in [3.8, 4) is 0 Å². The molecule has 0 amide bonds. The SMILES string of the molecule is CC1(C)C=COCCC(C)(C)C1. The Kier molecular flexibility index (Phi) is 2.50. The van der Waals surface area contributed by atoms with E-state index in [1.54, 1.807) is 0 Å². The van der Waals surface area contributed by atoms with Crippen LogP contribution < -0.4 is 0 Å². The van der Waals surface area contributed by atoms with Crippen molar-refractivity contribution in [1.82, 2.24) is 0 Å². The van der Waals surface area contributed by atoms with Crippen LogP contribution in [-0.4, -0.2) is 6.61 Å². The fraction of sp³-hybridized carbons (Fsp3) is 0.818. The van der Waals surface area contributed by atoms with Crippen LogP contribution >= 0.6 is 0 Å². The summed E-state index contributed by atoms with van der Waals surface area (Å²) in [6.07, 6.45) is 6.42. The van der Waals surface area contributed by atoms with Gasteiger partial charge in [-0.05, 0) is 29.7 Å². The van der Waals surface area contributed by atoms with Gasteiger partial charge in [-0.2, -0.15) is 0 Å². The summed E-state index contributed by atoms with van der Waals surface area (Å²) in [4.78, 5) is 0. The molecular formula is C11H20O.